The number of nitrogens with one attached hydrogen (secondary N) is 1. The summed E-state index contributed by atoms with van der Waals surface area (Å²) in [5.74, 6) is 0.357. The van der Waals surface area contributed by atoms with Gasteiger partial charge in [-0.15, -0.1) is 0 Å². The van der Waals surface area contributed by atoms with Crippen LogP contribution in [-0.2, 0) is 0 Å². The van der Waals surface area contributed by atoms with E-state index in [0.717, 1.165) is 10.0 Å². The van der Waals surface area contributed by atoms with Crippen LogP contribution in [0.4, 0.5) is 15.9 Å². The highest BCUT2D eigenvalue weighted by Gasteiger charge is 2.04. The third-order valence-electron chi connectivity index (χ3n) is 2.16. The molecule has 0 aliphatic rings. The summed E-state index contributed by atoms with van der Waals surface area (Å²) in [6.07, 6.45) is 1.75. The van der Waals surface area contributed by atoms with Crippen molar-refractivity contribution in [3.8, 4) is 0 Å². The number of nitrogens with zero attached hydrogens (tertiary/aromatic N) is 1. The summed E-state index contributed by atoms with van der Waals surface area (Å²) < 4.78 is 14.6. The van der Waals surface area contributed by atoms with Crippen LogP contribution >= 0.6 is 31.9 Å². The van der Waals surface area contributed by atoms with E-state index in [9.17, 15) is 4.39 Å². The Bertz CT molecular complexity index is 558. The molecule has 0 fully saturated rings. The van der Waals surface area contributed by atoms with Gasteiger partial charge in [-0.25, -0.2) is 9.37 Å². The van der Waals surface area contributed by atoms with Gasteiger partial charge in [-0.2, -0.15) is 0 Å². The fraction of sp³-hybridized carbons (Fsp3) is 0.0833. The summed E-state index contributed by atoms with van der Waals surface area (Å²) in [4.78, 5) is 4.23. The van der Waals surface area contributed by atoms with Gasteiger partial charge in [-0.05, 0) is 68.6 Å². The summed E-state index contributed by atoms with van der Waals surface area (Å²) in [7, 11) is 0. The lowest BCUT2D eigenvalue weighted by atomic mass is 10.3. The SMILES string of the molecule is Cc1cnc(Nc2ccc(Br)c(F)c2)c(Br)c1. The monoisotopic (exact) mass is 358 g/mol. The number of hydrogen-bond acceptors (Lipinski definition) is 2. The molecule has 2 aromatic rings. The Hall–Kier alpha value is -0.940. The molecule has 5 heteroatoms. The highest BCUT2D eigenvalue weighted by molar-refractivity contribution is 9.10. The maximum absolute atomic E-state index is 13.3. The number of anilines is 2. The summed E-state index contributed by atoms with van der Waals surface area (Å²) in [5, 5.41) is 3.05. The second-order valence-electron chi connectivity index (χ2n) is 3.60. The van der Waals surface area contributed by atoms with E-state index >= 15 is 0 Å². The van der Waals surface area contributed by atoms with Crippen LogP contribution in [0.15, 0.2) is 39.4 Å². The van der Waals surface area contributed by atoms with Crippen molar-refractivity contribution in [2.24, 2.45) is 0 Å². The normalized spacial score (nSPS) is 10.4. The maximum atomic E-state index is 13.3. The van der Waals surface area contributed by atoms with Gasteiger partial charge in [0.2, 0.25) is 0 Å². The van der Waals surface area contributed by atoms with Crippen molar-refractivity contribution in [2.45, 2.75) is 6.92 Å². The lowest BCUT2D eigenvalue weighted by Crippen LogP contribution is -1.95. The van der Waals surface area contributed by atoms with E-state index in [-0.39, 0.29) is 5.82 Å². The molecular formula is C12H9Br2FN2. The fourth-order valence-electron chi connectivity index (χ4n) is 1.34. The molecule has 0 saturated carbocycles. The van der Waals surface area contributed by atoms with Crippen LogP contribution in [-0.4, -0.2) is 4.98 Å². The molecule has 0 atom stereocenters. The zero-order chi connectivity index (χ0) is 12.4. The van der Waals surface area contributed by atoms with Gasteiger partial charge in [-0.1, -0.05) is 0 Å². The van der Waals surface area contributed by atoms with Gasteiger partial charge in [0, 0.05) is 11.9 Å². The van der Waals surface area contributed by atoms with E-state index in [0.29, 0.717) is 16.0 Å². The molecule has 1 N–H and O–H groups in total. The largest absolute Gasteiger partial charge is 0.339 e. The quantitative estimate of drug-likeness (QED) is 0.833. The lowest BCUT2D eigenvalue weighted by molar-refractivity contribution is 0.622. The van der Waals surface area contributed by atoms with Crippen molar-refractivity contribution >= 4 is 43.4 Å². The highest BCUT2D eigenvalue weighted by atomic mass is 79.9. The van der Waals surface area contributed by atoms with Crippen molar-refractivity contribution in [3.63, 3.8) is 0 Å². The van der Waals surface area contributed by atoms with Gasteiger partial charge in [0.05, 0.1) is 8.95 Å². The zero-order valence-corrected chi connectivity index (χ0v) is 12.1. The van der Waals surface area contributed by atoms with E-state index in [1.54, 1.807) is 18.3 Å². The summed E-state index contributed by atoms with van der Waals surface area (Å²) in [6, 6.07) is 6.80. The molecule has 0 unspecified atom stereocenters. The van der Waals surface area contributed by atoms with Gasteiger partial charge in [0.25, 0.3) is 0 Å². The van der Waals surface area contributed by atoms with Gasteiger partial charge in [0.1, 0.15) is 11.6 Å². The number of aromatic nitrogens is 1. The van der Waals surface area contributed by atoms with Crippen LogP contribution < -0.4 is 5.32 Å². The Labute approximate surface area is 116 Å². The van der Waals surface area contributed by atoms with Crippen LogP contribution in [0.25, 0.3) is 0 Å². The molecule has 0 saturated heterocycles. The minimum atomic E-state index is -0.307. The molecule has 2 rings (SSSR count). The van der Waals surface area contributed by atoms with Crippen molar-refractivity contribution in [1.29, 1.82) is 0 Å². The van der Waals surface area contributed by atoms with Crippen molar-refractivity contribution in [1.82, 2.24) is 4.98 Å². The molecule has 0 aliphatic carbocycles. The Morgan fingerprint density at radius 1 is 1.18 bits per heavy atom. The van der Waals surface area contributed by atoms with Crippen LogP contribution in [0.2, 0.25) is 0 Å². The molecular weight excluding hydrogens is 351 g/mol. The minimum Gasteiger partial charge on any atom is -0.339 e. The van der Waals surface area contributed by atoms with Crippen molar-refractivity contribution in [2.75, 3.05) is 5.32 Å². The van der Waals surface area contributed by atoms with Gasteiger partial charge in [-0.3, -0.25) is 0 Å². The maximum Gasteiger partial charge on any atom is 0.144 e. The first-order valence-corrected chi connectivity index (χ1v) is 6.49. The summed E-state index contributed by atoms with van der Waals surface area (Å²) in [6.45, 7) is 1.96. The zero-order valence-electron chi connectivity index (χ0n) is 8.97. The molecule has 88 valence electrons. The number of pyridine rings is 1. The topological polar surface area (TPSA) is 24.9 Å². The fourth-order valence-corrected chi connectivity index (χ4v) is 2.15. The van der Waals surface area contributed by atoms with E-state index in [1.165, 1.54) is 6.07 Å². The number of benzene rings is 1. The predicted octanol–water partition coefficient (Wildman–Crippen LogP) is 4.80. The van der Waals surface area contributed by atoms with Crippen LogP contribution in [0.1, 0.15) is 5.56 Å². The average molecular weight is 360 g/mol. The van der Waals surface area contributed by atoms with E-state index in [2.05, 4.69) is 42.2 Å². The Kier molecular flexibility index (Phi) is 3.79. The van der Waals surface area contributed by atoms with Gasteiger partial charge >= 0.3 is 0 Å². The first kappa shape index (κ1) is 12.5. The second kappa shape index (κ2) is 5.14. The predicted molar refractivity (Wildman–Crippen MR) is 74.1 cm³/mol. The smallest absolute Gasteiger partial charge is 0.144 e. The molecule has 1 aromatic heterocycles. The van der Waals surface area contributed by atoms with Crippen molar-refractivity contribution < 1.29 is 4.39 Å². The molecule has 1 aromatic carbocycles. The van der Waals surface area contributed by atoms with Crippen molar-refractivity contribution in [3.05, 3.63) is 50.8 Å². The highest BCUT2D eigenvalue weighted by Crippen LogP contribution is 2.26. The third kappa shape index (κ3) is 3.04. The van der Waals surface area contributed by atoms with Crippen LogP contribution in [0, 0.1) is 12.7 Å². The number of hydrogen-bond donors (Lipinski definition) is 1. The van der Waals surface area contributed by atoms with E-state index in [1.807, 2.05) is 13.0 Å². The molecule has 17 heavy (non-hydrogen) atoms. The lowest BCUT2D eigenvalue weighted by Gasteiger charge is -2.08. The van der Waals surface area contributed by atoms with E-state index < -0.39 is 0 Å². The average Bonchev–Trinajstić information content (AvgIpc) is 2.27. The number of halogens is 3. The Morgan fingerprint density at radius 3 is 2.59 bits per heavy atom. The number of rotatable bonds is 2. The molecule has 0 amide bonds. The van der Waals surface area contributed by atoms with Gasteiger partial charge < -0.3 is 5.32 Å². The Morgan fingerprint density at radius 2 is 1.94 bits per heavy atom. The first-order valence-electron chi connectivity index (χ1n) is 4.90. The van der Waals surface area contributed by atoms with E-state index in [4.69, 9.17) is 0 Å². The number of aryl methyl sites for hydroxylation is 1. The standard InChI is InChI=1S/C12H9Br2FN2/c1-7-4-10(14)12(16-6-7)17-8-2-3-9(13)11(15)5-8/h2-6H,1H3,(H,16,17). The molecule has 0 spiro atoms. The second-order valence-corrected chi connectivity index (χ2v) is 5.31. The van der Waals surface area contributed by atoms with Crippen LogP contribution in [0.5, 0.6) is 0 Å². The molecule has 0 radical (unpaired) electrons. The third-order valence-corrected chi connectivity index (χ3v) is 3.41. The summed E-state index contributed by atoms with van der Waals surface area (Å²) in [5.41, 5.74) is 1.71. The molecule has 2 nitrogen and oxygen atoms in total. The molecule has 0 aliphatic heterocycles. The van der Waals surface area contributed by atoms with Gasteiger partial charge in [0.15, 0.2) is 0 Å². The Balaban J connectivity index is 2.28. The first-order chi connectivity index (χ1) is 8.06. The van der Waals surface area contributed by atoms with Crippen LogP contribution in [0.3, 0.4) is 0 Å². The molecule has 0 bridgehead atoms. The summed E-state index contributed by atoms with van der Waals surface area (Å²) >= 11 is 6.52. The molecule has 1 heterocycles. The minimum absolute atomic E-state index is 0.307.